The molecule has 0 bridgehead atoms. The van der Waals surface area contributed by atoms with Gasteiger partial charge in [-0.15, -0.1) is 5.10 Å². The molecule has 1 atom stereocenters. The Morgan fingerprint density at radius 3 is 2.79 bits per heavy atom. The molecule has 0 radical (unpaired) electrons. The predicted molar refractivity (Wildman–Crippen MR) is 77.7 cm³/mol. The summed E-state index contributed by atoms with van der Waals surface area (Å²) in [6.07, 6.45) is 1.11. The zero-order valence-electron chi connectivity index (χ0n) is 12.7. The minimum Gasteiger partial charge on any atom is -0.494 e. The number of benzene rings is 1. The van der Waals surface area contributed by atoms with Gasteiger partial charge in [0.15, 0.2) is 0 Å². The highest BCUT2D eigenvalue weighted by Crippen LogP contribution is 2.29. The summed E-state index contributed by atoms with van der Waals surface area (Å²) in [7, 11) is 1.47. The minimum absolute atomic E-state index is 0.0356. The van der Waals surface area contributed by atoms with Crippen molar-refractivity contribution in [2.45, 2.75) is 12.1 Å². The summed E-state index contributed by atoms with van der Waals surface area (Å²) in [5, 5.41) is 19.7. The molecule has 126 valence electrons. The van der Waals surface area contributed by atoms with E-state index in [0.717, 1.165) is 0 Å². The lowest BCUT2D eigenvalue weighted by atomic mass is 10.1. The Balaban J connectivity index is 1.89. The van der Waals surface area contributed by atoms with Crippen LogP contribution >= 0.6 is 0 Å². The van der Waals surface area contributed by atoms with E-state index in [2.05, 4.69) is 15.5 Å². The van der Waals surface area contributed by atoms with Crippen LogP contribution in [0.1, 0.15) is 16.8 Å². The fourth-order valence-electron chi connectivity index (χ4n) is 2.58. The first-order valence-corrected chi connectivity index (χ1v) is 7.07. The van der Waals surface area contributed by atoms with E-state index in [0.29, 0.717) is 11.4 Å². The lowest BCUT2D eigenvalue weighted by molar-refractivity contribution is -0.149. The zero-order valence-corrected chi connectivity index (χ0v) is 12.7. The van der Waals surface area contributed by atoms with Crippen LogP contribution in [0.5, 0.6) is 5.75 Å². The highest BCUT2D eigenvalue weighted by molar-refractivity contribution is 5.96. The van der Waals surface area contributed by atoms with Gasteiger partial charge in [-0.05, 0) is 28.6 Å². The number of hydrogen-bond donors (Lipinski definition) is 1. The van der Waals surface area contributed by atoms with Gasteiger partial charge in [0.1, 0.15) is 17.8 Å². The molecule has 10 heteroatoms. The second-order valence-electron chi connectivity index (χ2n) is 5.39. The number of amides is 1. The first-order chi connectivity index (χ1) is 11.4. The number of tetrazole rings is 1. The van der Waals surface area contributed by atoms with E-state index in [9.17, 15) is 14.0 Å². The summed E-state index contributed by atoms with van der Waals surface area (Å²) >= 11 is 0. The van der Waals surface area contributed by atoms with Gasteiger partial charge in [0.05, 0.1) is 13.7 Å². The Hall–Kier alpha value is -3.04. The molecule has 1 aromatic carbocycles. The molecule has 1 saturated heterocycles. The van der Waals surface area contributed by atoms with E-state index >= 15 is 0 Å². The third-order valence-electron chi connectivity index (χ3n) is 3.91. The molecule has 1 amide bonds. The van der Waals surface area contributed by atoms with Gasteiger partial charge < -0.3 is 14.7 Å². The van der Waals surface area contributed by atoms with Gasteiger partial charge in [0.25, 0.3) is 5.91 Å². The van der Waals surface area contributed by atoms with Crippen molar-refractivity contribution in [3.63, 3.8) is 0 Å². The topological polar surface area (TPSA) is 110 Å². The normalized spacial score (nSPS) is 20.2. The Morgan fingerprint density at radius 2 is 2.21 bits per heavy atom. The summed E-state index contributed by atoms with van der Waals surface area (Å²) in [5.74, 6) is -1.57. The van der Waals surface area contributed by atoms with Crippen LogP contribution in [0.2, 0.25) is 0 Å². The van der Waals surface area contributed by atoms with Crippen LogP contribution in [0.3, 0.4) is 0 Å². The van der Waals surface area contributed by atoms with Crippen molar-refractivity contribution in [1.29, 1.82) is 0 Å². The number of likely N-dealkylation sites (tertiary alicyclic amines) is 1. The average Bonchev–Trinajstić information content (AvgIpc) is 3.24. The molecule has 1 aromatic heterocycles. The minimum atomic E-state index is -2.40. The summed E-state index contributed by atoms with van der Waals surface area (Å²) in [4.78, 5) is 24.7. The van der Waals surface area contributed by atoms with Gasteiger partial charge >= 0.3 is 5.97 Å². The first kappa shape index (κ1) is 15.8. The number of halogens is 1. The number of carboxylic acids is 1. The van der Waals surface area contributed by atoms with Crippen molar-refractivity contribution in [2.75, 3.05) is 20.2 Å². The molecule has 0 saturated carbocycles. The maximum Gasteiger partial charge on any atom is 0.343 e. The van der Waals surface area contributed by atoms with Crippen molar-refractivity contribution in [1.82, 2.24) is 25.1 Å². The van der Waals surface area contributed by atoms with Gasteiger partial charge in [-0.1, -0.05) is 0 Å². The van der Waals surface area contributed by atoms with E-state index in [1.807, 2.05) is 0 Å². The van der Waals surface area contributed by atoms with Gasteiger partial charge in [-0.3, -0.25) is 4.79 Å². The molecular formula is C14H14FN5O4. The van der Waals surface area contributed by atoms with E-state index in [-0.39, 0.29) is 18.5 Å². The SMILES string of the molecule is COc1ccc(C(=O)N2CCC(F)(C(=O)O)C2)cc1-n1cnnn1. The molecule has 3 rings (SSSR count). The zero-order chi connectivity index (χ0) is 17.3. The third kappa shape index (κ3) is 2.66. The number of aromatic nitrogens is 4. The quantitative estimate of drug-likeness (QED) is 0.856. The number of alkyl halides is 1. The summed E-state index contributed by atoms with van der Waals surface area (Å²) in [6.45, 7) is -0.443. The highest BCUT2D eigenvalue weighted by Gasteiger charge is 2.47. The number of carbonyl (C=O) groups excluding carboxylic acids is 1. The Bertz CT molecular complexity index is 781. The predicted octanol–water partition coefficient (Wildman–Crippen LogP) is 0.310. The van der Waals surface area contributed by atoms with Crippen LogP contribution in [0, 0.1) is 0 Å². The molecule has 0 aliphatic carbocycles. The standard InChI is InChI=1S/C14H14FN5O4/c1-24-11-3-2-9(6-10(11)20-8-16-17-18-20)12(21)19-5-4-14(15,7-19)13(22)23/h2-3,6,8H,4-5,7H2,1H3,(H,22,23). The van der Waals surface area contributed by atoms with E-state index in [1.165, 1.54) is 35.2 Å². The molecule has 1 aliphatic rings. The molecule has 2 aromatic rings. The van der Waals surface area contributed by atoms with E-state index in [4.69, 9.17) is 9.84 Å². The molecular weight excluding hydrogens is 321 g/mol. The molecule has 24 heavy (non-hydrogen) atoms. The Kier molecular flexibility index (Phi) is 3.87. The van der Waals surface area contributed by atoms with E-state index in [1.54, 1.807) is 6.07 Å². The molecule has 9 nitrogen and oxygen atoms in total. The molecule has 1 aliphatic heterocycles. The number of carbonyl (C=O) groups is 2. The van der Waals surface area contributed by atoms with Crippen molar-refractivity contribution >= 4 is 11.9 Å². The van der Waals surface area contributed by atoms with Crippen LogP contribution in [-0.2, 0) is 4.79 Å². The number of ether oxygens (including phenoxy) is 1. The highest BCUT2D eigenvalue weighted by atomic mass is 19.1. The average molecular weight is 335 g/mol. The number of methoxy groups -OCH3 is 1. The number of carboxylic acid groups (broad SMARTS) is 1. The first-order valence-electron chi connectivity index (χ1n) is 7.07. The fourth-order valence-corrected chi connectivity index (χ4v) is 2.58. The molecule has 1 fully saturated rings. The van der Waals surface area contributed by atoms with Crippen LogP contribution in [-0.4, -0.2) is 68.0 Å². The number of nitrogens with zero attached hydrogens (tertiary/aromatic N) is 5. The van der Waals surface area contributed by atoms with Gasteiger partial charge in [0, 0.05) is 18.5 Å². The molecule has 0 spiro atoms. The number of rotatable bonds is 4. The van der Waals surface area contributed by atoms with Crippen molar-refractivity contribution in [2.24, 2.45) is 0 Å². The monoisotopic (exact) mass is 335 g/mol. The second kappa shape index (κ2) is 5.87. The van der Waals surface area contributed by atoms with Crippen LogP contribution in [0.15, 0.2) is 24.5 Å². The van der Waals surface area contributed by atoms with Crippen molar-refractivity contribution < 1.29 is 23.8 Å². The second-order valence-corrected chi connectivity index (χ2v) is 5.39. The smallest absolute Gasteiger partial charge is 0.343 e. The lowest BCUT2D eigenvalue weighted by Gasteiger charge is -2.18. The summed E-state index contributed by atoms with van der Waals surface area (Å²) < 4.78 is 20.7. The van der Waals surface area contributed by atoms with Crippen LogP contribution in [0.25, 0.3) is 5.69 Å². The molecule has 2 heterocycles. The maximum absolute atomic E-state index is 14.1. The summed E-state index contributed by atoms with van der Waals surface area (Å²) in [6, 6.07) is 4.60. The third-order valence-corrected chi connectivity index (χ3v) is 3.91. The van der Waals surface area contributed by atoms with Crippen molar-refractivity contribution in [3.05, 3.63) is 30.1 Å². The summed E-state index contributed by atoms with van der Waals surface area (Å²) in [5.41, 5.74) is -1.70. The van der Waals surface area contributed by atoms with Crippen LogP contribution < -0.4 is 4.74 Å². The Labute approximate surface area is 135 Å². The van der Waals surface area contributed by atoms with E-state index < -0.39 is 24.1 Å². The molecule has 1 unspecified atom stereocenters. The van der Waals surface area contributed by atoms with Crippen LogP contribution in [0.4, 0.5) is 4.39 Å². The van der Waals surface area contributed by atoms with Gasteiger partial charge in [-0.2, -0.15) is 4.68 Å². The number of hydrogen-bond acceptors (Lipinski definition) is 6. The maximum atomic E-state index is 14.1. The number of aliphatic carboxylic acids is 1. The van der Waals surface area contributed by atoms with Gasteiger partial charge in [-0.25, -0.2) is 9.18 Å². The largest absolute Gasteiger partial charge is 0.494 e. The molecule has 1 N–H and O–H groups in total. The van der Waals surface area contributed by atoms with Crippen molar-refractivity contribution in [3.8, 4) is 11.4 Å². The fraction of sp³-hybridized carbons (Fsp3) is 0.357. The Morgan fingerprint density at radius 1 is 1.42 bits per heavy atom. The van der Waals surface area contributed by atoms with Gasteiger partial charge in [0.2, 0.25) is 5.67 Å². The lowest BCUT2D eigenvalue weighted by Crippen LogP contribution is -2.38.